The molecule has 94 valence electrons. The van der Waals surface area contributed by atoms with Gasteiger partial charge < -0.3 is 0 Å². The van der Waals surface area contributed by atoms with Gasteiger partial charge in [0.1, 0.15) is 5.78 Å². The van der Waals surface area contributed by atoms with Crippen LogP contribution in [0.4, 0.5) is 13.2 Å². The number of halogens is 3. The Morgan fingerprint density at radius 3 is 1.71 bits per heavy atom. The van der Waals surface area contributed by atoms with E-state index in [4.69, 9.17) is 0 Å². The molecule has 0 radical (unpaired) electrons. The standard InChI is InChI=1S/C7H5F3.C6H10O/c8-7(9,10)6-4-2-1-3-5-6;7-6-4-2-1-3-5-6/h1-5H;1-5H2. The predicted molar refractivity (Wildman–Crippen MR) is 59.5 cm³/mol. The first kappa shape index (κ1) is 13.7. The molecule has 2 rings (SSSR count). The molecule has 17 heavy (non-hydrogen) atoms. The smallest absolute Gasteiger partial charge is 0.300 e. The van der Waals surface area contributed by atoms with E-state index in [0.29, 0.717) is 5.78 Å². The molecule has 1 aliphatic carbocycles. The maximum atomic E-state index is 11.8. The second-order valence-corrected chi connectivity index (χ2v) is 3.96. The van der Waals surface area contributed by atoms with E-state index in [-0.39, 0.29) is 0 Å². The fraction of sp³-hybridized carbons (Fsp3) is 0.462. The minimum absolute atomic E-state index is 0.464. The van der Waals surface area contributed by atoms with Crippen LogP contribution in [0.25, 0.3) is 0 Å². The molecule has 0 N–H and O–H groups in total. The molecule has 0 spiro atoms. The van der Waals surface area contributed by atoms with Crippen molar-refractivity contribution in [2.75, 3.05) is 0 Å². The van der Waals surface area contributed by atoms with Crippen LogP contribution in [0.15, 0.2) is 30.3 Å². The van der Waals surface area contributed by atoms with Gasteiger partial charge in [0.25, 0.3) is 0 Å². The zero-order chi connectivity index (χ0) is 12.7. The molecular weight excluding hydrogens is 229 g/mol. The zero-order valence-electron chi connectivity index (χ0n) is 9.46. The summed E-state index contributed by atoms with van der Waals surface area (Å²) in [7, 11) is 0. The summed E-state index contributed by atoms with van der Waals surface area (Å²) in [5.41, 5.74) is -0.602. The summed E-state index contributed by atoms with van der Waals surface area (Å²) in [5, 5.41) is 0. The number of Topliss-reactive ketones (excluding diaryl/α,β-unsaturated/α-hetero) is 1. The van der Waals surface area contributed by atoms with E-state index in [1.54, 1.807) is 6.07 Å². The highest BCUT2D eigenvalue weighted by Gasteiger charge is 2.29. The van der Waals surface area contributed by atoms with E-state index in [1.807, 2.05) is 0 Å². The lowest BCUT2D eigenvalue weighted by molar-refractivity contribution is -0.137. The van der Waals surface area contributed by atoms with Gasteiger partial charge in [-0.2, -0.15) is 13.2 Å². The van der Waals surface area contributed by atoms with Gasteiger partial charge in [-0.15, -0.1) is 0 Å². The van der Waals surface area contributed by atoms with E-state index in [1.165, 1.54) is 18.6 Å². The Bertz CT molecular complexity index is 335. The average Bonchev–Trinajstić information content (AvgIpc) is 2.31. The summed E-state index contributed by atoms with van der Waals surface area (Å²) in [4.78, 5) is 10.5. The fourth-order valence-corrected chi connectivity index (χ4v) is 1.57. The monoisotopic (exact) mass is 244 g/mol. The molecule has 4 heteroatoms. The van der Waals surface area contributed by atoms with Crippen LogP contribution in [0.1, 0.15) is 37.7 Å². The molecular formula is C13H15F3O. The SMILES string of the molecule is FC(F)(F)c1ccccc1.O=C1CCCCC1. The zero-order valence-corrected chi connectivity index (χ0v) is 9.46. The van der Waals surface area contributed by atoms with Gasteiger partial charge in [0.2, 0.25) is 0 Å². The quantitative estimate of drug-likeness (QED) is 0.667. The van der Waals surface area contributed by atoms with Crippen LogP contribution in [0.3, 0.4) is 0 Å². The van der Waals surface area contributed by atoms with Crippen LogP contribution in [0.2, 0.25) is 0 Å². The van der Waals surface area contributed by atoms with Gasteiger partial charge >= 0.3 is 6.18 Å². The molecule has 0 saturated heterocycles. The van der Waals surface area contributed by atoms with Gasteiger partial charge in [-0.05, 0) is 12.8 Å². The van der Waals surface area contributed by atoms with Gasteiger partial charge in [0, 0.05) is 12.8 Å². The van der Waals surface area contributed by atoms with Crippen molar-refractivity contribution < 1.29 is 18.0 Å². The second-order valence-electron chi connectivity index (χ2n) is 3.96. The third-order valence-corrected chi connectivity index (χ3v) is 2.51. The van der Waals surface area contributed by atoms with Crippen molar-refractivity contribution in [3.8, 4) is 0 Å². The minimum Gasteiger partial charge on any atom is -0.300 e. The number of ketones is 1. The molecule has 0 heterocycles. The Labute approximate surface area is 98.6 Å². The Morgan fingerprint density at radius 1 is 0.882 bits per heavy atom. The second kappa shape index (κ2) is 6.42. The molecule has 1 fully saturated rings. The molecule has 0 unspecified atom stereocenters. The lowest BCUT2D eigenvalue weighted by Gasteiger charge is -2.05. The molecule has 1 nitrogen and oxygen atoms in total. The number of carbonyl (C=O) groups excluding carboxylic acids is 1. The van der Waals surface area contributed by atoms with Crippen molar-refractivity contribution in [3.63, 3.8) is 0 Å². The largest absolute Gasteiger partial charge is 0.416 e. The van der Waals surface area contributed by atoms with Gasteiger partial charge in [-0.25, -0.2) is 0 Å². The Hall–Kier alpha value is -1.32. The highest BCUT2D eigenvalue weighted by Crippen LogP contribution is 2.28. The summed E-state index contributed by atoms with van der Waals surface area (Å²) in [6.45, 7) is 0. The van der Waals surface area contributed by atoms with Gasteiger partial charge in [-0.1, -0.05) is 36.8 Å². The predicted octanol–water partition coefficient (Wildman–Crippen LogP) is 4.23. The molecule has 1 aliphatic rings. The highest BCUT2D eigenvalue weighted by molar-refractivity contribution is 5.78. The molecule has 0 aromatic heterocycles. The van der Waals surface area contributed by atoms with Crippen LogP contribution >= 0.6 is 0 Å². The van der Waals surface area contributed by atoms with Crippen LogP contribution in [-0.4, -0.2) is 5.78 Å². The summed E-state index contributed by atoms with van der Waals surface area (Å²) in [6, 6.07) is 6.36. The van der Waals surface area contributed by atoms with Crippen LogP contribution in [-0.2, 0) is 11.0 Å². The molecule has 1 aromatic carbocycles. The minimum atomic E-state index is -4.21. The van der Waals surface area contributed by atoms with Crippen molar-refractivity contribution >= 4 is 5.78 Å². The van der Waals surface area contributed by atoms with Crippen LogP contribution < -0.4 is 0 Å². The first-order valence-electron chi connectivity index (χ1n) is 5.64. The van der Waals surface area contributed by atoms with Crippen LogP contribution in [0.5, 0.6) is 0 Å². The molecule has 1 aromatic rings. The van der Waals surface area contributed by atoms with Crippen molar-refractivity contribution in [2.24, 2.45) is 0 Å². The molecule has 0 amide bonds. The Morgan fingerprint density at radius 2 is 1.41 bits per heavy atom. The number of hydrogen-bond acceptors (Lipinski definition) is 1. The van der Waals surface area contributed by atoms with E-state index >= 15 is 0 Å². The van der Waals surface area contributed by atoms with E-state index in [0.717, 1.165) is 37.8 Å². The molecule has 1 saturated carbocycles. The molecule has 0 atom stereocenters. The fourth-order valence-electron chi connectivity index (χ4n) is 1.57. The average molecular weight is 244 g/mol. The molecule has 0 aliphatic heterocycles. The van der Waals surface area contributed by atoms with E-state index in [9.17, 15) is 18.0 Å². The van der Waals surface area contributed by atoms with Crippen molar-refractivity contribution in [3.05, 3.63) is 35.9 Å². The number of rotatable bonds is 0. The number of benzene rings is 1. The Balaban J connectivity index is 0.000000181. The summed E-state index contributed by atoms with van der Waals surface area (Å²) < 4.78 is 35.4. The molecule has 0 bridgehead atoms. The van der Waals surface area contributed by atoms with Crippen molar-refractivity contribution in [1.82, 2.24) is 0 Å². The normalized spacial score (nSPS) is 16.1. The van der Waals surface area contributed by atoms with Crippen molar-refractivity contribution in [2.45, 2.75) is 38.3 Å². The van der Waals surface area contributed by atoms with Gasteiger partial charge in [0.05, 0.1) is 5.56 Å². The highest BCUT2D eigenvalue weighted by atomic mass is 19.4. The summed E-state index contributed by atoms with van der Waals surface area (Å²) >= 11 is 0. The van der Waals surface area contributed by atoms with E-state index in [2.05, 4.69) is 0 Å². The third-order valence-electron chi connectivity index (χ3n) is 2.51. The van der Waals surface area contributed by atoms with E-state index < -0.39 is 11.7 Å². The summed E-state index contributed by atoms with van der Waals surface area (Å²) in [5.74, 6) is 0.464. The maximum absolute atomic E-state index is 11.8. The summed E-state index contributed by atoms with van der Waals surface area (Å²) in [6.07, 6.45) is 1.03. The maximum Gasteiger partial charge on any atom is 0.416 e. The lowest BCUT2D eigenvalue weighted by Crippen LogP contribution is -2.03. The lowest BCUT2D eigenvalue weighted by atomic mass is 10.00. The van der Waals surface area contributed by atoms with Gasteiger partial charge in [-0.3, -0.25) is 4.79 Å². The Kier molecular flexibility index (Phi) is 5.19. The first-order chi connectivity index (χ1) is 8.00. The first-order valence-corrected chi connectivity index (χ1v) is 5.64. The van der Waals surface area contributed by atoms with Crippen molar-refractivity contribution in [1.29, 1.82) is 0 Å². The van der Waals surface area contributed by atoms with Crippen LogP contribution in [0, 0.1) is 0 Å². The number of carbonyl (C=O) groups is 1. The third kappa shape index (κ3) is 5.52. The topological polar surface area (TPSA) is 17.1 Å². The van der Waals surface area contributed by atoms with Gasteiger partial charge in [0.15, 0.2) is 0 Å². The number of alkyl halides is 3. The number of hydrogen-bond donors (Lipinski definition) is 0.